The van der Waals surface area contributed by atoms with E-state index >= 15 is 0 Å². The summed E-state index contributed by atoms with van der Waals surface area (Å²) >= 11 is 0. The maximum Gasteiger partial charge on any atom is 0.146 e. The largest absolute Gasteiger partial charge is 0.346 e. The third-order valence-electron chi connectivity index (χ3n) is 1.19. The fraction of sp³-hybridized carbons (Fsp3) is 0. The van der Waals surface area contributed by atoms with Crippen molar-refractivity contribution < 1.29 is 0 Å². The monoisotopic (exact) mass is 116 g/mol. The second-order valence-corrected chi connectivity index (χ2v) is 1.77. The number of aromatic amines is 1. The van der Waals surface area contributed by atoms with Crippen LogP contribution in [0.25, 0.3) is 11.0 Å². The molecule has 0 atom stereocenters. The molecule has 2 aromatic rings. The molecule has 0 saturated carbocycles. The molecule has 0 fully saturated rings. The molecule has 2 heteroatoms. The minimum absolute atomic E-state index is 0.869. The lowest BCUT2D eigenvalue weighted by atomic mass is 10.4. The summed E-state index contributed by atoms with van der Waals surface area (Å²) in [5.41, 5.74) is 0.869. The van der Waals surface area contributed by atoms with Crippen LogP contribution in [-0.4, -0.2) is 9.97 Å². The molecular weight excluding hydrogens is 112 g/mol. The summed E-state index contributed by atoms with van der Waals surface area (Å²) < 4.78 is 0. The molecule has 0 amide bonds. The number of nitrogens with one attached hydrogen (secondary N) is 1. The van der Waals surface area contributed by atoms with E-state index in [2.05, 4.69) is 22.1 Å². The van der Waals surface area contributed by atoms with Crippen molar-refractivity contribution in [2.45, 2.75) is 0 Å². The molecule has 9 heavy (non-hydrogen) atoms. The van der Waals surface area contributed by atoms with Gasteiger partial charge >= 0.3 is 0 Å². The molecular formula is C7H4N2. The van der Waals surface area contributed by atoms with E-state index in [1.165, 1.54) is 0 Å². The number of nitrogens with zero attached hydrogens (tertiary/aromatic N) is 1. The van der Waals surface area contributed by atoms with Gasteiger partial charge in [0.15, 0.2) is 0 Å². The Morgan fingerprint density at radius 2 is 2.56 bits per heavy atom. The third kappa shape index (κ3) is 0.550. The summed E-state index contributed by atoms with van der Waals surface area (Å²) in [6, 6.07) is 7.59. The van der Waals surface area contributed by atoms with Gasteiger partial charge < -0.3 is 4.98 Å². The summed E-state index contributed by atoms with van der Waals surface area (Å²) in [5, 5.41) is 0.984. The lowest BCUT2D eigenvalue weighted by molar-refractivity contribution is 1.33. The highest BCUT2D eigenvalue weighted by molar-refractivity contribution is 5.72. The van der Waals surface area contributed by atoms with Gasteiger partial charge in [-0.15, -0.1) is 0 Å². The van der Waals surface area contributed by atoms with Crippen LogP contribution >= 0.6 is 0 Å². The number of fused-ring (bicyclic) bond motifs is 1. The highest BCUT2D eigenvalue weighted by Gasteiger charge is 1.87. The van der Waals surface area contributed by atoms with Crippen LogP contribution in [0.15, 0.2) is 18.5 Å². The Morgan fingerprint density at radius 1 is 1.56 bits per heavy atom. The Labute approximate surface area is 52.5 Å². The zero-order valence-corrected chi connectivity index (χ0v) is 4.68. The molecule has 0 saturated heterocycles. The SMILES string of the molecule is c1cnc2[nH]ccc2c#1. The molecule has 42 valence electrons. The highest BCUT2D eigenvalue weighted by Crippen LogP contribution is 2.01. The summed E-state index contributed by atoms with van der Waals surface area (Å²) in [7, 11) is 0. The van der Waals surface area contributed by atoms with Gasteiger partial charge in [0.25, 0.3) is 0 Å². The van der Waals surface area contributed by atoms with Crippen LogP contribution in [-0.2, 0) is 0 Å². The molecule has 0 radical (unpaired) electrons. The number of H-pyrrole nitrogens is 1. The van der Waals surface area contributed by atoms with Crippen LogP contribution in [0, 0.1) is 12.1 Å². The molecule has 0 aliphatic rings. The standard InChI is InChI=1S/C7H4N2/c1-2-6-3-5-9-7(6)8-4-1/h3-5H,(H,8,9). The van der Waals surface area contributed by atoms with Crippen LogP contribution in [0.5, 0.6) is 0 Å². The Hall–Kier alpha value is -1.49. The first-order valence-corrected chi connectivity index (χ1v) is 2.68. The van der Waals surface area contributed by atoms with Gasteiger partial charge in [0, 0.05) is 6.20 Å². The minimum atomic E-state index is 0.869. The fourth-order valence-corrected chi connectivity index (χ4v) is 0.775. The van der Waals surface area contributed by atoms with Crippen molar-refractivity contribution in [1.82, 2.24) is 9.97 Å². The summed E-state index contributed by atoms with van der Waals surface area (Å²) in [6.07, 6.45) is 3.43. The van der Waals surface area contributed by atoms with E-state index in [1.807, 2.05) is 12.3 Å². The van der Waals surface area contributed by atoms with E-state index in [0.717, 1.165) is 11.0 Å². The summed E-state index contributed by atoms with van der Waals surface area (Å²) in [4.78, 5) is 6.96. The number of rotatable bonds is 0. The normalized spacial score (nSPS) is 9.33. The summed E-state index contributed by atoms with van der Waals surface area (Å²) in [5.74, 6) is 0. The van der Waals surface area contributed by atoms with Gasteiger partial charge in [-0.3, -0.25) is 0 Å². The zero-order chi connectivity index (χ0) is 6.10. The van der Waals surface area contributed by atoms with Crippen LogP contribution in [0.1, 0.15) is 0 Å². The van der Waals surface area contributed by atoms with Gasteiger partial charge in [-0.1, -0.05) is 6.07 Å². The van der Waals surface area contributed by atoms with E-state index in [1.54, 1.807) is 6.20 Å². The Bertz CT molecular complexity index is 281. The second kappa shape index (κ2) is 1.49. The zero-order valence-electron chi connectivity index (χ0n) is 4.68. The quantitative estimate of drug-likeness (QED) is 0.549. The van der Waals surface area contributed by atoms with Crippen LogP contribution in [0.2, 0.25) is 0 Å². The van der Waals surface area contributed by atoms with E-state index in [0.29, 0.717) is 0 Å². The lowest BCUT2D eigenvalue weighted by Crippen LogP contribution is -1.68. The predicted octanol–water partition coefficient (Wildman–Crippen LogP) is 1.16. The molecule has 2 rings (SSSR count). The third-order valence-corrected chi connectivity index (χ3v) is 1.19. The Morgan fingerprint density at radius 3 is 3.44 bits per heavy atom. The molecule has 0 bridgehead atoms. The van der Waals surface area contributed by atoms with E-state index < -0.39 is 0 Å². The molecule has 2 aromatic heterocycles. The van der Waals surface area contributed by atoms with Crippen LogP contribution in [0.3, 0.4) is 0 Å². The first-order chi connectivity index (χ1) is 4.47. The first kappa shape index (κ1) is 4.39. The molecule has 0 aromatic carbocycles. The average Bonchev–Trinajstić information content (AvgIpc) is 2.33. The summed E-state index contributed by atoms with van der Waals surface area (Å²) in [6.45, 7) is 0. The van der Waals surface area contributed by atoms with Crippen molar-refractivity contribution in [1.29, 1.82) is 0 Å². The molecule has 0 unspecified atom stereocenters. The van der Waals surface area contributed by atoms with Crippen molar-refractivity contribution >= 4 is 11.0 Å². The lowest BCUT2D eigenvalue weighted by Gasteiger charge is -1.76. The van der Waals surface area contributed by atoms with Gasteiger partial charge in [-0.2, -0.15) is 0 Å². The van der Waals surface area contributed by atoms with Crippen molar-refractivity contribution in [3.63, 3.8) is 0 Å². The topological polar surface area (TPSA) is 28.7 Å². The minimum Gasteiger partial charge on any atom is -0.346 e. The molecule has 2 heterocycles. The molecule has 0 aliphatic heterocycles. The van der Waals surface area contributed by atoms with E-state index in [4.69, 9.17) is 0 Å². The van der Waals surface area contributed by atoms with Crippen LogP contribution in [0.4, 0.5) is 0 Å². The van der Waals surface area contributed by atoms with E-state index in [-0.39, 0.29) is 0 Å². The van der Waals surface area contributed by atoms with Crippen molar-refractivity contribution in [3.8, 4) is 0 Å². The fourth-order valence-electron chi connectivity index (χ4n) is 0.775. The van der Waals surface area contributed by atoms with Gasteiger partial charge in [-0.25, -0.2) is 4.98 Å². The maximum atomic E-state index is 4.00. The average molecular weight is 116 g/mol. The predicted molar refractivity (Wildman–Crippen MR) is 33.8 cm³/mol. The number of hydrogen-bond acceptors (Lipinski definition) is 1. The highest BCUT2D eigenvalue weighted by atomic mass is 14.8. The first-order valence-electron chi connectivity index (χ1n) is 2.68. The van der Waals surface area contributed by atoms with Crippen molar-refractivity contribution in [2.75, 3.05) is 0 Å². The van der Waals surface area contributed by atoms with Crippen molar-refractivity contribution in [2.24, 2.45) is 0 Å². The van der Waals surface area contributed by atoms with Gasteiger partial charge in [0.1, 0.15) is 5.65 Å². The molecule has 2 nitrogen and oxygen atoms in total. The molecule has 0 aliphatic carbocycles. The maximum absolute atomic E-state index is 4.00. The molecule has 0 spiro atoms. The molecule has 1 N–H and O–H groups in total. The Kier molecular flexibility index (Phi) is 0.729. The number of hydrogen-bond donors (Lipinski definition) is 1. The van der Waals surface area contributed by atoms with Gasteiger partial charge in [0.05, 0.1) is 11.6 Å². The number of aromatic nitrogens is 2. The Balaban J connectivity index is 2.95. The van der Waals surface area contributed by atoms with Gasteiger partial charge in [-0.05, 0) is 12.1 Å². The van der Waals surface area contributed by atoms with Gasteiger partial charge in [0.2, 0.25) is 0 Å². The smallest absolute Gasteiger partial charge is 0.146 e. The van der Waals surface area contributed by atoms with E-state index in [9.17, 15) is 0 Å². The van der Waals surface area contributed by atoms with Crippen molar-refractivity contribution in [3.05, 3.63) is 30.6 Å². The van der Waals surface area contributed by atoms with Crippen LogP contribution < -0.4 is 0 Å². The second-order valence-electron chi connectivity index (χ2n) is 1.77.